The van der Waals surface area contributed by atoms with Gasteiger partial charge in [0.25, 0.3) is 0 Å². The molecule has 0 atom stereocenters. The molecule has 0 spiro atoms. The molecule has 0 radical (unpaired) electrons. The molecule has 100 valence electrons. The molecule has 0 heterocycles. The SMILES string of the molecule is CCCN(CCO)Cc1cc(C(N)=S)ccc1F. The Labute approximate surface area is 112 Å². The van der Waals surface area contributed by atoms with Gasteiger partial charge in [-0.25, -0.2) is 4.39 Å². The van der Waals surface area contributed by atoms with Crippen LogP contribution in [0.3, 0.4) is 0 Å². The van der Waals surface area contributed by atoms with Crippen molar-refractivity contribution in [3.63, 3.8) is 0 Å². The van der Waals surface area contributed by atoms with E-state index in [9.17, 15) is 4.39 Å². The van der Waals surface area contributed by atoms with Gasteiger partial charge in [0.2, 0.25) is 0 Å². The fourth-order valence-corrected chi connectivity index (χ4v) is 1.94. The molecular weight excluding hydrogens is 251 g/mol. The number of aliphatic hydroxyl groups is 1. The molecule has 0 fully saturated rings. The molecule has 0 saturated heterocycles. The van der Waals surface area contributed by atoms with E-state index in [4.69, 9.17) is 23.1 Å². The Morgan fingerprint density at radius 3 is 2.72 bits per heavy atom. The third kappa shape index (κ3) is 4.33. The lowest BCUT2D eigenvalue weighted by atomic mass is 10.1. The normalized spacial score (nSPS) is 10.9. The molecule has 5 heteroatoms. The summed E-state index contributed by atoms with van der Waals surface area (Å²) in [5.74, 6) is -0.269. The van der Waals surface area contributed by atoms with Gasteiger partial charge >= 0.3 is 0 Å². The van der Waals surface area contributed by atoms with Crippen molar-refractivity contribution in [2.75, 3.05) is 19.7 Å². The first-order chi connectivity index (χ1) is 8.58. The average Bonchev–Trinajstić information content (AvgIpc) is 2.32. The summed E-state index contributed by atoms with van der Waals surface area (Å²) < 4.78 is 13.7. The number of nitrogens with zero attached hydrogens (tertiary/aromatic N) is 1. The fraction of sp³-hybridized carbons (Fsp3) is 0.462. The van der Waals surface area contributed by atoms with Gasteiger partial charge in [-0.15, -0.1) is 0 Å². The summed E-state index contributed by atoms with van der Waals surface area (Å²) in [6, 6.07) is 4.64. The molecule has 0 amide bonds. The number of hydrogen-bond acceptors (Lipinski definition) is 3. The molecule has 18 heavy (non-hydrogen) atoms. The number of aliphatic hydroxyl groups excluding tert-OH is 1. The average molecular weight is 270 g/mol. The standard InChI is InChI=1S/C13H19FN2OS/c1-2-5-16(6-7-17)9-11-8-10(13(15)18)3-4-12(11)14/h3-4,8,17H,2,5-7,9H2,1H3,(H2,15,18). The van der Waals surface area contributed by atoms with Crippen LogP contribution in [0, 0.1) is 5.82 Å². The highest BCUT2D eigenvalue weighted by Crippen LogP contribution is 2.13. The minimum absolute atomic E-state index is 0.0661. The van der Waals surface area contributed by atoms with Crippen molar-refractivity contribution in [1.29, 1.82) is 0 Å². The minimum atomic E-state index is -0.269. The number of rotatable bonds is 7. The summed E-state index contributed by atoms with van der Waals surface area (Å²) >= 11 is 4.88. The number of nitrogens with two attached hydrogens (primary N) is 1. The van der Waals surface area contributed by atoms with E-state index in [1.165, 1.54) is 6.07 Å². The lowest BCUT2D eigenvalue weighted by Gasteiger charge is -2.21. The molecule has 0 unspecified atom stereocenters. The Balaban J connectivity index is 2.86. The van der Waals surface area contributed by atoms with Crippen LogP contribution < -0.4 is 5.73 Å². The summed E-state index contributed by atoms with van der Waals surface area (Å²) in [6.07, 6.45) is 0.955. The van der Waals surface area contributed by atoms with Gasteiger partial charge in [0, 0.05) is 24.2 Å². The van der Waals surface area contributed by atoms with Gasteiger partial charge in [0.15, 0.2) is 0 Å². The smallest absolute Gasteiger partial charge is 0.127 e. The molecular formula is C13H19FN2OS. The molecule has 0 aromatic heterocycles. The van der Waals surface area contributed by atoms with Crippen molar-refractivity contribution in [2.45, 2.75) is 19.9 Å². The second-order valence-corrected chi connectivity index (χ2v) is 4.61. The molecule has 0 saturated carbocycles. The van der Waals surface area contributed by atoms with Gasteiger partial charge in [-0.3, -0.25) is 4.90 Å². The summed E-state index contributed by atoms with van der Waals surface area (Å²) in [5.41, 5.74) is 6.76. The van der Waals surface area contributed by atoms with Crippen LogP contribution in [0.1, 0.15) is 24.5 Å². The van der Waals surface area contributed by atoms with Crippen LogP contribution >= 0.6 is 12.2 Å². The lowest BCUT2D eigenvalue weighted by molar-refractivity contribution is 0.189. The first-order valence-electron chi connectivity index (χ1n) is 6.00. The summed E-state index contributed by atoms with van der Waals surface area (Å²) in [6.45, 7) is 3.92. The summed E-state index contributed by atoms with van der Waals surface area (Å²) in [4.78, 5) is 2.27. The van der Waals surface area contributed by atoms with E-state index in [1.807, 2.05) is 11.8 Å². The number of benzene rings is 1. The second-order valence-electron chi connectivity index (χ2n) is 4.17. The molecule has 1 aromatic carbocycles. The van der Waals surface area contributed by atoms with Gasteiger partial charge in [0.1, 0.15) is 10.8 Å². The predicted molar refractivity (Wildman–Crippen MR) is 74.9 cm³/mol. The fourth-order valence-electron chi connectivity index (χ4n) is 1.82. The number of hydrogen-bond donors (Lipinski definition) is 2. The molecule has 1 rings (SSSR count). The third-order valence-corrected chi connectivity index (χ3v) is 2.92. The maximum atomic E-state index is 13.7. The van der Waals surface area contributed by atoms with Gasteiger partial charge in [-0.05, 0) is 31.2 Å². The van der Waals surface area contributed by atoms with Crippen LogP contribution in [-0.2, 0) is 6.54 Å². The van der Waals surface area contributed by atoms with Crippen LogP contribution in [0.15, 0.2) is 18.2 Å². The first kappa shape index (κ1) is 15.0. The maximum absolute atomic E-state index is 13.7. The molecule has 0 aliphatic carbocycles. The van der Waals surface area contributed by atoms with Gasteiger partial charge in [-0.2, -0.15) is 0 Å². The van der Waals surface area contributed by atoms with Crippen molar-refractivity contribution in [3.8, 4) is 0 Å². The summed E-state index contributed by atoms with van der Waals surface area (Å²) in [5, 5.41) is 8.98. The van der Waals surface area contributed by atoms with Gasteiger partial charge in [0.05, 0.1) is 6.61 Å². The minimum Gasteiger partial charge on any atom is -0.395 e. The molecule has 3 N–H and O–H groups in total. The van der Waals surface area contributed by atoms with Gasteiger partial charge < -0.3 is 10.8 Å². The molecule has 0 aliphatic heterocycles. The predicted octanol–water partition coefficient (Wildman–Crippen LogP) is 1.66. The zero-order chi connectivity index (χ0) is 13.5. The van der Waals surface area contributed by atoms with Crippen molar-refractivity contribution in [3.05, 3.63) is 35.1 Å². The molecule has 0 aliphatic rings. The molecule has 1 aromatic rings. The van der Waals surface area contributed by atoms with Crippen molar-refractivity contribution in [1.82, 2.24) is 4.90 Å². The van der Waals surface area contributed by atoms with Crippen molar-refractivity contribution in [2.24, 2.45) is 5.73 Å². The zero-order valence-electron chi connectivity index (χ0n) is 10.5. The van der Waals surface area contributed by atoms with E-state index in [0.29, 0.717) is 24.2 Å². The topological polar surface area (TPSA) is 49.5 Å². The van der Waals surface area contributed by atoms with E-state index in [2.05, 4.69) is 0 Å². The highest BCUT2D eigenvalue weighted by Gasteiger charge is 2.10. The lowest BCUT2D eigenvalue weighted by Crippen LogP contribution is -2.28. The van der Waals surface area contributed by atoms with Crippen LogP contribution in [-0.4, -0.2) is 34.7 Å². The van der Waals surface area contributed by atoms with E-state index >= 15 is 0 Å². The Hall–Kier alpha value is -1.04. The largest absolute Gasteiger partial charge is 0.395 e. The monoisotopic (exact) mass is 270 g/mol. The quantitative estimate of drug-likeness (QED) is 0.740. The third-order valence-electron chi connectivity index (χ3n) is 2.68. The molecule has 0 bridgehead atoms. The van der Waals surface area contributed by atoms with E-state index in [-0.39, 0.29) is 17.4 Å². The highest BCUT2D eigenvalue weighted by atomic mass is 32.1. The highest BCUT2D eigenvalue weighted by molar-refractivity contribution is 7.80. The van der Waals surface area contributed by atoms with E-state index in [0.717, 1.165) is 13.0 Å². The second kappa shape index (κ2) is 7.41. The Kier molecular flexibility index (Phi) is 6.18. The Morgan fingerprint density at radius 2 is 2.17 bits per heavy atom. The van der Waals surface area contributed by atoms with E-state index in [1.54, 1.807) is 12.1 Å². The Morgan fingerprint density at radius 1 is 1.44 bits per heavy atom. The maximum Gasteiger partial charge on any atom is 0.127 e. The first-order valence-corrected chi connectivity index (χ1v) is 6.40. The van der Waals surface area contributed by atoms with Crippen LogP contribution in [0.5, 0.6) is 0 Å². The summed E-state index contributed by atoms with van der Waals surface area (Å²) in [7, 11) is 0. The number of halogens is 1. The van der Waals surface area contributed by atoms with Crippen molar-refractivity contribution >= 4 is 17.2 Å². The van der Waals surface area contributed by atoms with E-state index < -0.39 is 0 Å². The van der Waals surface area contributed by atoms with Crippen molar-refractivity contribution < 1.29 is 9.50 Å². The molecule has 3 nitrogen and oxygen atoms in total. The Bertz CT molecular complexity index is 406. The van der Waals surface area contributed by atoms with Gasteiger partial charge in [-0.1, -0.05) is 19.1 Å². The van der Waals surface area contributed by atoms with Crippen LogP contribution in [0.4, 0.5) is 4.39 Å². The number of thiocarbonyl (C=S) groups is 1. The van der Waals surface area contributed by atoms with Crippen LogP contribution in [0.25, 0.3) is 0 Å². The zero-order valence-corrected chi connectivity index (χ0v) is 11.3. The van der Waals surface area contributed by atoms with Crippen LogP contribution in [0.2, 0.25) is 0 Å².